The molecule has 0 N–H and O–H groups in total. The summed E-state index contributed by atoms with van der Waals surface area (Å²) in [4.78, 5) is 2.45. The van der Waals surface area contributed by atoms with Crippen molar-refractivity contribution >= 4 is 38.9 Å². The maximum atomic E-state index is 2.53. The Balaban J connectivity index is 0.00000229. The third kappa shape index (κ3) is 5.22. The first kappa shape index (κ1) is 36.6. The van der Waals surface area contributed by atoms with Gasteiger partial charge in [-0.05, 0) is 104 Å². The van der Waals surface area contributed by atoms with Crippen LogP contribution in [-0.2, 0) is 10.8 Å². The normalized spacial score (nSPS) is 13.9. The first-order valence-electron chi connectivity index (χ1n) is 21.0. The molecule has 0 radical (unpaired) electrons. The van der Waals surface area contributed by atoms with Crippen LogP contribution in [0, 0.1) is 0 Å². The van der Waals surface area contributed by atoms with Crippen molar-refractivity contribution in [3.8, 4) is 27.9 Å². The second-order valence-electron chi connectivity index (χ2n) is 16.9. The summed E-state index contributed by atoms with van der Waals surface area (Å²) >= 11 is 0. The monoisotopic (exact) mass is 784 g/mol. The highest BCUT2D eigenvalue weighted by Crippen LogP contribution is 2.55. The number of hydrogen-bond acceptors (Lipinski definition) is 1. The lowest BCUT2D eigenvalue weighted by molar-refractivity contribution is 0.660. The van der Waals surface area contributed by atoms with Crippen LogP contribution < -0.4 is 4.90 Å². The Hall–Kier alpha value is -7.42. The molecule has 2 aliphatic rings. The number of fused-ring (bicyclic) bond motifs is 8. The molecular weight excluding hydrogens is 737 g/mol. The molecule has 61 heavy (non-hydrogen) atoms. The molecule has 2 nitrogen and oxygen atoms in total. The summed E-state index contributed by atoms with van der Waals surface area (Å²) in [6.07, 6.45) is 0. The second kappa shape index (κ2) is 13.8. The van der Waals surface area contributed by atoms with Gasteiger partial charge < -0.3 is 9.47 Å². The van der Waals surface area contributed by atoms with Gasteiger partial charge in [-0.15, -0.1) is 0 Å². The molecule has 1 aliphatic heterocycles. The number of para-hydroxylation sites is 2. The Morgan fingerprint density at radius 3 is 1.67 bits per heavy atom. The molecule has 1 aromatic heterocycles. The van der Waals surface area contributed by atoms with Crippen LogP contribution in [0.1, 0.15) is 56.1 Å². The number of nitrogens with zero attached hydrogens (tertiary/aromatic N) is 2. The summed E-state index contributed by atoms with van der Waals surface area (Å²) in [5, 5.41) is 2.48. The van der Waals surface area contributed by atoms with Crippen molar-refractivity contribution in [1.82, 2.24) is 4.57 Å². The highest BCUT2D eigenvalue weighted by molar-refractivity contribution is 6.13. The van der Waals surface area contributed by atoms with Crippen molar-refractivity contribution in [2.45, 2.75) is 32.1 Å². The Morgan fingerprint density at radius 1 is 0.410 bits per heavy atom. The number of anilines is 3. The molecule has 0 saturated heterocycles. The third-order valence-electron chi connectivity index (χ3n) is 13.5. The van der Waals surface area contributed by atoms with Gasteiger partial charge in [0.2, 0.25) is 0 Å². The fourth-order valence-electron chi connectivity index (χ4n) is 10.8. The summed E-state index contributed by atoms with van der Waals surface area (Å²) in [7, 11) is 0. The molecule has 2 heterocycles. The topological polar surface area (TPSA) is 8.17 Å². The van der Waals surface area contributed by atoms with Crippen LogP contribution in [0.25, 0.3) is 49.7 Å². The molecular formula is C59H48N2. The minimum absolute atomic E-state index is 0. The Kier molecular flexibility index (Phi) is 8.31. The first-order chi connectivity index (χ1) is 29.5. The van der Waals surface area contributed by atoms with Gasteiger partial charge >= 0.3 is 0 Å². The predicted octanol–water partition coefficient (Wildman–Crippen LogP) is 15.8. The number of aromatic nitrogens is 1. The Labute approximate surface area is 360 Å². The van der Waals surface area contributed by atoms with Crippen molar-refractivity contribution in [2.24, 2.45) is 0 Å². The highest BCUT2D eigenvalue weighted by Gasteiger charge is 2.45. The van der Waals surface area contributed by atoms with Crippen LogP contribution >= 0.6 is 0 Å². The zero-order valence-corrected chi connectivity index (χ0v) is 33.7. The van der Waals surface area contributed by atoms with Crippen molar-refractivity contribution in [3.63, 3.8) is 0 Å². The lowest BCUT2D eigenvalue weighted by Gasteiger charge is -2.41. The minimum atomic E-state index is -0.507. The third-order valence-corrected chi connectivity index (χ3v) is 13.5. The van der Waals surface area contributed by atoms with Gasteiger partial charge in [-0.25, -0.2) is 0 Å². The lowest BCUT2D eigenvalue weighted by Crippen LogP contribution is -2.35. The molecule has 12 rings (SSSR count). The van der Waals surface area contributed by atoms with Crippen LogP contribution in [0.2, 0.25) is 0 Å². The fourth-order valence-corrected chi connectivity index (χ4v) is 10.8. The van der Waals surface area contributed by atoms with E-state index < -0.39 is 5.41 Å². The lowest BCUT2D eigenvalue weighted by atomic mass is 9.63. The van der Waals surface area contributed by atoms with Crippen LogP contribution in [-0.4, -0.2) is 4.57 Å². The molecule has 294 valence electrons. The van der Waals surface area contributed by atoms with E-state index in [1.807, 2.05) is 0 Å². The molecule has 0 bridgehead atoms. The van der Waals surface area contributed by atoms with Crippen molar-refractivity contribution in [3.05, 3.63) is 252 Å². The smallest absolute Gasteiger partial charge is 0.0742 e. The van der Waals surface area contributed by atoms with E-state index in [1.54, 1.807) is 0 Å². The van der Waals surface area contributed by atoms with Gasteiger partial charge in [0.05, 0.1) is 22.1 Å². The molecule has 9 aromatic carbocycles. The van der Waals surface area contributed by atoms with E-state index in [-0.39, 0.29) is 14.3 Å². The first-order valence-corrected chi connectivity index (χ1v) is 21.0. The molecule has 0 unspecified atom stereocenters. The van der Waals surface area contributed by atoms with Gasteiger partial charge in [0.15, 0.2) is 0 Å². The summed E-state index contributed by atoms with van der Waals surface area (Å²) in [6, 6.07) is 81.0. The van der Waals surface area contributed by atoms with Crippen molar-refractivity contribution < 1.29 is 1.43 Å². The molecule has 0 atom stereocenters. The summed E-state index contributed by atoms with van der Waals surface area (Å²) in [6.45, 7) is 4.73. The zero-order valence-electron chi connectivity index (χ0n) is 33.7. The van der Waals surface area contributed by atoms with E-state index in [2.05, 4.69) is 242 Å². The Bertz CT molecular complexity index is 3230. The highest BCUT2D eigenvalue weighted by atomic mass is 15.1. The van der Waals surface area contributed by atoms with Crippen LogP contribution in [0.5, 0.6) is 0 Å². The van der Waals surface area contributed by atoms with Gasteiger partial charge in [0.25, 0.3) is 0 Å². The predicted molar refractivity (Wildman–Crippen MR) is 259 cm³/mol. The van der Waals surface area contributed by atoms with Crippen LogP contribution in [0.4, 0.5) is 17.1 Å². The summed E-state index contributed by atoms with van der Waals surface area (Å²) < 4.78 is 2.53. The SMILES string of the molecule is C.CC1(C)c2ccccc2-c2ccc(N(c3ccc(-c4ccccc4)cc3)c3ccc4c(c3)c3cccc5c3n4-c3ccccc3C5(c3ccccc3)c3ccccc3)cc21.[HH]. The van der Waals surface area contributed by atoms with Gasteiger partial charge in [0, 0.05) is 34.7 Å². The van der Waals surface area contributed by atoms with Crippen molar-refractivity contribution in [2.75, 3.05) is 4.90 Å². The van der Waals surface area contributed by atoms with Gasteiger partial charge in [-0.1, -0.05) is 191 Å². The fraction of sp³-hybridized carbons (Fsp3) is 0.0847. The summed E-state index contributed by atoms with van der Waals surface area (Å²) in [5.74, 6) is 0. The molecule has 0 spiro atoms. The number of rotatable bonds is 6. The number of hydrogen-bond donors (Lipinski definition) is 0. The molecule has 0 saturated carbocycles. The largest absolute Gasteiger partial charge is 0.310 e. The van der Waals surface area contributed by atoms with Crippen molar-refractivity contribution in [1.29, 1.82) is 0 Å². The molecule has 1 aliphatic carbocycles. The van der Waals surface area contributed by atoms with Crippen LogP contribution in [0.15, 0.2) is 218 Å². The van der Waals surface area contributed by atoms with E-state index in [9.17, 15) is 0 Å². The molecule has 0 fully saturated rings. The minimum Gasteiger partial charge on any atom is -0.310 e. The number of benzene rings is 9. The van der Waals surface area contributed by atoms with E-state index in [0.717, 1.165) is 17.1 Å². The van der Waals surface area contributed by atoms with Gasteiger partial charge in [-0.3, -0.25) is 0 Å². The standard InChI is InChI=1S/C58H42N2.CH4.H2/c1-57(2)50-25-13-12-23-46(50)47-35-33-45(38-53(47)57)59(43-31-29-40(30-32-43)39-17-6-3-7-18-39)44-34-36-54-49(37-44)48-24-16-27-52-56(48)60(54)55-28-15-14-26-51(55)58(52,41-19-8-4-9-20-41)42-21-10-5-11-22-42;;/h3-38H,1-2H3;1H4;1H. The second-order valence-corrected chi connectivity index (χ2v) is 16.9. The van der Waals surface area contributed by atoms with Gasteiger partial charge in [0.1, 0.15) is 0 Å². The van der Waals surface area contributed by atoms with E-state index in [1.165, 1.54) is 83.1 Å². The van der Waals surface area contributed by atoms with E-state index in [0.29, 0.717) is 0 Å². The quantitative estimate of drug-likeness (QED) is 0.163. The average Bonchev–Trinajstić information content (AvgIpc) is 3.76. The zero-order chi connectivity index (χ0) is 40.0. The van der Waals surface area contributed by atoms with Gasteiger partial charge in [-0.2, -0.15) is 0 Å². The summed E-state index contributed by atoms with van der Waals surface area (Å²) in [5.41, 5.74) is 19.3. The Morgan fingerprint density at radius 2 is 0.951 bits per heavy atom. The maximum absolute atomic E-state index is 2.53. The van der Waals surface area contributed by atoms with Crippen LogP contribution in [0.3, 0.4) is 0 Å². The molecule has 0 amide bonds. The van der Waals surface area contributed by atoms with E-state index in [4.69, 9.17) is 0 Å². The molecule has 10 aromatic rings. The maximum Gasteiger partial charge on any atom is 0.0742 e. The van der Waals surface area contributed by atoms with E-state index >= 15 is 0 Å². The average molecular weight is 785 g/mol. The molecule has 2 heteroatoms.